The predicted octanol–water partition coefficient (Wildman–Crippen LogP) is 4.51. The molecule has 0 spiro atoms. The maximum atomic E-state index is 12.6. The number of hydrogen-bond donors (Lipinski definition) is 0. The van der Waals surface area contributed by atoms with Gasteiger partial charge in [-0.1, -0.05) is 52.4 Å². The summed E-state index contributed by atoms with van der Waals surface area (Å²) in [6.45, 7) is 7.05. The van der Waals surface area contributed by atoms with Crippen molar-refractivity contribution in [1.29, 1.82) is 0 Å². The highest BCUT2D eigenvalue weighted by Crippen LogP contribution is 2.33. The van der Waals surface area contributed by atoms with Gasteiger partial charge in [-0.15, -0.1) is 0 Å². The molecular formula is C16H30O2. The summed E-state index contributed by atoms with van der Waals surface area (Å²) < 4.78 is 5.94. The van der Waals surface area contributed by atoms with E-state index in [1.54, 1.807) is 0 Å². The zero-order chi connectivity index (χ0) is 13.4. The zero-order valence-corrected chi connectivity index (χ0v) is 12.5. The van der Waals surface area contributed by atoms with Crippen LogP contribution in [0.15, 0.2) is 0 Å². The molecule has 1 aliphatic carbocycles. The van der Waals surface area contributed by atoms with Crippen molar-refractivity contribution in [2.75, 3.05) is 6.61 Å². The lowest BCUT2D eigenvalue weighted by Gasteiger charge is -2.32. The highest BCUT2D eigenvalue weighted by Gasteiger charge is 2.38. The Hall–Kier alpha value is -0.370. The van der Waals surface area contributed by atoms with Gasteiger partial charge >= 0.3 is 0 Å². The largest absolute Gasteiger partial charge is 0.368 e. The summed E-state index contributed by atoms with van der Waals surface area (Å²) in [6, 6.07) is 0. The monoisotopic (exact) mass is 254 g/mol. The molecule has 0 radical (unpaired) electrons. The molecule has 0 amide bonds. The van der Waals surface area contributed by atoms with Crippen molar-refractivity contribution in [3.05, 3.63) is 0 Å². The molecule has 1 atom stereocenters. The number of ether oxygens (including phenoxy) is 1. The fourth-order valence-corrected chi connectivity index (χ4v) is 3.18. The molecule has 2 heteroatoms. The van der Waals surface area contributed by atoms with Crippen LogP contribution in [-0.2, 0) is 9.53 Å². The first-order chi connectivity index (χ1) is 8.64. The van der Waals surface area contributed by atoms with Gasteiger partial charge in [0.1, 0.15) is 5.60 Å². The highest BCUT2D eigenvalue weighted by atomic mass is 16.5. The van der Waals surface area contributed by atoms with Crippen molar-refractivity contribution >= 4 is 5.78 Å². The summed E-state index contributed by atoms with van der Waals surface area (Å²) in [6.07, 6.45) is 9.70. The van der Waals surface area contributed by atoms with E-state index in [1.165, 1.54) is 12.8 Å². The van der Waals surface area contributed by atoms with Gasteiger partial charge in [0.15, 0.2) is 5.78 Å². The molecule has 18 heavy (non-hydrogen) atoms. The molecule has 0 aromatic heterocycles. The van der Waals surface area contributed by atoms with E-state index >= 15 is 0 Å². The number of carbonyl (C=O) groups is 1. The van der Waals surface area contributed by atoms with Crippen molar-refractivity contribution in [2.24, 2.45) is 5.92 Å². The Bertz CT molecular complexity index is 239. The third-order valence-corrected chi connectivity index (χ3v) is 4.16. The fourth-order valence-electron chi connectivity index (χ4n) is 3.18. The van der Waals surface area contributed by atoms with Gasteiger partial charge in [-0.3, -0.25) is 4.79 Å². The molecule has 0 bridgehead atoms. The van der Waals surface area contributed by atoms with Gasteiger partial charge in [-0.2, -0.15) is 0 Å². The van der Waals surface area contributed by atoms with Crippen molar-refractivity contribution < 1.29 is 9.53 Å². The van der Waals surface area contributed by atoms with Crippen molar-refractivity contribution in [1.82, 2.24) is 0 Å². The van der Waals surface area contributed by atoms with Crippen LogP contribution < -0.4 is 0 Å². The van der Waals surface area contributed by atoms with Crippen LogP contribution in [0.1, 0.15) is 78.6 Å². The average molecular weight is 254 g/mol. The van der Waals surface area contributed by atoms with Crippen LogP contribution >= 0.6 is 0 Å². The minimum absolute atomic E-state index is 0.368. The van der Waals surface area contributed by atoms with Gasteiger partial charge in [0, 0.05) is 13.0 Å². The molecular weight excluding hydrogens is 224 g/mol. The smallest absolute Gasteiger partial charge is 0.164 e. The molecule has 0 aromatic rings. The molecule has 0 aromatic carbocycles. The van der Waals surface area contributed by atoms with Gasteiger partial charge < -0.3 is 4.74 Å². The van der Waals surface area contributed by atoms with Crippen LogP contribution in [0.5, 0.6) is 0 Å². The van der Waals surface area contributed by atoms with Crippen molar-refractivity contribution in [3.63, 3.8) is 0 Å². The lowest BCUT2D eigenvalue weighted by Crippen LogP contribution is -2.42. The van der Waals surface area contributed by atoms with Crippen LogP contribution in [0.2, 0.25) is 0 Å². The molecule has 106 valence electrons. The number of Topliss-reactive ketones (excluding diaryl/α,β-unsaturated/α-hetero) is 1. The van der Waals surface area contributed by atoms with Crippen LogP contribution in [0.3, 0.4) is 0 Å². The summed E-state index contributed by atoms with van der Waals surface area (Å²) in [5.41, 5.74) is -0.437. The molecule has 1 saturated carbocycles. The first-order valence-corrected chi connectivity index (χ1v) is 7.82. The molecule has 1 fully saturated rings. The molecule has 0 heterocycles. The minimum Gasteiger partial charge on any atom is -0.368 e. The Morgan fingerprint density at radius 2 is 1.78 bits per heavy atom. The molecule has 0 aliphatic heterocycles. The van der Waals surface area contributed by atoms with E-state index < -0.39 is 5.60 Å². The standard InChI is InChI=1S/C16H30O2/c1-4-10-14(3)13-15(17)16(18-5-2)11-8-6-7-9-12-16/h14H,4-13H2,1-3H3. The molecule has 1 aliphatic rings. The van der Waals surface area contributed by atoms with Gasteiger partial charge in [-0.05, 0) is 25.7 Å². The Morgan fingerprint density at radius 1 is 1.17 bits per heavy atom. The van der Waals surface area contributed by atoms with E-state index in [2.05, 4.69) is 13.8 Å². The van der Waals surface area contributed by atoms with Gasteiger partial charge in [0.05, 0.1) is 0 Å². The van der Waals surface area contributed by atoms with E-state index in [0.29, 0.717) is 24.7 Å². The number of hydrogen-bond acceptors (Lipinski definition) is 2. The average Bonchev–Trinajstić information content (AvgIpc) is 2.56. The van der Waals surface area contributed by atoms with E-state index in [1.807, 2.05) is 6.92 Å². The lowest BCUT2D eigenvalue weighted by molar-refractivity contribution is -0.147. The Labute approximate surface area is 112 Å². The predicted molar refractivity (Wildman–Crippen MR) is 75.8 cm³/mol. The first kappa shape index (κ1) is 15.7. The maximum Gasteiger partial charge on any atom is 0.164 e. The first-order valence-electron chi connectivity index (χ1n) is 7.82. The second kappa shape index (κ2) is 7.93. The number of ketones is 1. The zero-order valence-electron chi connectivity index (χ0n) is 12.5. The van der Waals surface area contributed by atoms with Gasteiger partial charge in [0.2, 0.25) is 0 Å². The molecule has 2 nitrogen and oxygen atoms in total. The fraction of sp³-hybridized carbons (Fsp3) is 0.938. The van der Waals surface area contributed by atoms with Gasteiger partial charge in [0.25, 0.3) is 0 Å². The molecule has 0 saturated heterocycles. The lowest BCUT2D eigenvalue weighted by atomic mass is 9.84. The van der Waals surface area contributed by atoms with Gasteiger partial charge in [-0.25, -0.2) is 0 Å². The quantitative estimate of drug-likeness (QED) is 0.625. The topological polar surface area (TPSA) is 26.3 Å². The normalized spacial score (nSPS) is 21.3. The summed E-state index contributed by atoms with van der Waals surface area (Å²) in [5, 5.41) is 0. The molecule has 1 unspecified atom stereocenters. The second-order valence-corrected chi connectivity index (χ2v) is 5.86. The summed E-state index contributed by atoms with van der Waals surface area (Å²) in [5.74, 6) is 0.871. The summed E-state index contributed by atoms with van der Waals surface area (Å²) in [7, 11) is 0. The maximum absolute atomic E-state index is 12.6. The van der Waals surface area contributed by atoms with Crippen LogP contribution in [0, 0.1) is 5.92 Å². The third-order valence-electron chi connectivity index (χ3n) is 4.16. The van der Waals surface area contributed by atoms with Crippen LogP contribution in [0.25, 0.3) is 0 Å². The van der Waals surface area contributed by atoms with E-state index in [4.69, 9.17) is 4.74 Å². The van der Waals surface area contributed by atoms with Crippen LogP contribution in [0.4, 0.5) is 0 Å². The summed E-state index contributed by atoms with van der Waals surface area (Å²) >= 11 is 0. The number of rotatable bonds is 7. The van der Waals surface area contributed by atoms with E-state index in [-0.39, 0.29) is 0 Å². The van der Waals surface area contributed by atoms with E-state index in [9.17, 15) is 4.79 Å². The summed E-state index contributed by atoms with van der Waals surface area (Å²) in [4.78, 5) is 12.6. The Balaban J connectivity index is 2.66. The Kier molecular flexibility index (Phi) is 6.91. The van der Waals surface area contributed by atoms with Crippen molar-refractivity contribution in [2.45, 2.75) is 84.2 Å². The SMILES string of the molecule is CCCC(C)CC(=O)C1(OCC)CCCCCC1. The molecule has 1 rings (SSSR count). The van der Waals surface area contributed by atoms with Crippen LogP contribution in [-0.4, -0.2) is 18.0 Å². The third kappa shape index (κ3) is 4.38. The highest BCUT2D eigenvalue weighted by molar-refractivity contribution is 5.87. The minimum atomic E-state index is -0.437. The van der Waals surface area contributed by atoms with Crippen molar-refractivity contribution in [3.8, 4) is 0 Å². The number of carbonyl (C=O) groups excluding carboxylic acids is 1. The Morgan fingerprint density at radius 3 is 2.28 bits per heavy atom. The van der Waals surface area contributed by atoms with E-state index in [0.717, 1.165) is 38.5 Å². The second-order valence-electron chi connectivity index (χ2n) is 5.86. The molecule has 0 N–H and O–H groups in total.